The van der Waals surface area contributed by atoms with Crippen molar-refractivity contribution in [1.29, 1.82) is 0 Å². The molecule has 3 heterocycles. The van der Waals surface area contributed by atoms with E-state index in [9.17, 15) is 4.79 Å². The molecule has 1 amide bonds. The van der Waals surface area contributed by atoms with Gasteiger partial charge < -0.3 is 24.7 Å². The Kier molecular flexibility index (Phi) is 5.59. The average Bonchev–Trinajstić information content (AvgIpc) is 3.17. The van der Waals surface area contributed by atoms with Crippen LogP contribution in [0.5, 0.6) is 0 Å². The Morgan fingerprint density at radius 3 is 2.76 bits per heavy atom. The van der Waals surface area contributed by atoms with Crippen LogP contribution in [0.4, 0.5) is 23.2 Å². The first kappa shape index (κ1) is 19.2. The second kappa shape index (κ2) is 8.46. The van der Waals surface area contributed by atoms with E-state index in [-0.39, 0.29) is 11.9 Å². The number of hydrogen-bond acceptors (Lipinski definition) is 8. The van der Waals surface area contributed by atoms with Crippen molar-refractivity contribution in [3.63, 3.8) is 0 Å². The van der Waals surface area contributed by atoms with Crippen molar-refractivity contribution in [2.24, 2.45) is 0 Å². The predicted molar refractivity (Wildman–Crippen MR) is 109 cm³/mol. The molecule has 0 unspecified atom stereocenters. The minimum absolute atomic E-state index is 0.125. The largest absolute Gasteiger partial charge is 0.399 e. The fourth-order valence-electron chi connectivity index (χ4n) is 2.90. The highest BCUT2D eigenvalue weighted by Crippen LogP contribution is 2.27. The van der Waals surface area contributed by atoms with Crippen molar-refractivity contribution >= 4 is 40.7 Å². The van der Waals surface area contributed by atoms with Crippen LogP contribution in [-0.2, 0) is 4.74 Å². The number of nitrogens with zero attached hydrogens (tertiary/aromatic N) is 4. The quantitative estimate of drug-likeness (QED) is 0.655. The number of aryl methyl sites for hydroxylation is 1. The lowest BCUT2D eigenvalue weighted by Crippen LogP contribution is -2.36. The fraction of sp³-hybridized carbons (Fsp3) is 0.263. The van der Waals surface area contributed by atoms with Crippen LogP contribution < -0.4 is 15.5 Å². The fourth-order valence-corrected chi connectivity index (χ4v) is 3.19. The molecule has 0 bridgehead atoms. The Morgan fingerprint density at radius 2 is 2.00 bits per heavy atom. The summed E-state index contributed by atoms with van der Waals surface area (Å²) in [6.45, 7) is 4.68. The van der Waals surface area contributed by atoms with E-state index in [1.165, 1.54) is 6.20 Å². The number of nitrogens with one attached hydrogen (secondary N) is 2. The maximum atomic E-state index is 12.4. The Hall–Kier alpha value is -3.17. The molecule has 1 aliphatic rings. The monoisotopic (exact) mass is 414 g/mol. The number of ether oxygens (including phenoxy) is 1. The lowest BCUT2D eigenvalue weighted by molar-refractivity contribution is 0.0991. The highest BCUT2D eigenvalue weighted by Gasteiger charge is 2.18. The van der Waals surface area contributed by atoms with Crippen molar-refractivity contribution in [1.82, 2.24) is 15.2 Å². The van der Waals surface area contributed by atoms with Crippen molar-refractivity contribution in [3.05, 3.63) is 53.0 Å². The van der Waals surface area contributed by atoms with Crippen molar-refractivity contribution in [2.45, 2.75) is 6.92 Å². The highest BCUT2D eigenvalue weighted by molar-refractivity contribution is 6.33. The third-order valence-electron chi connectivity index (χ3n) is 4.28. The summed E-state index contributed by atoms with van der Waals surface area (Å²) in [5.74, 6) is -0.0595. The first-order valence-electron chi connectivity index (χ1n) is 9.05. The second-order valence-electron chi connectivity index (χ2n) is 6.49. The molecular weight excluding hydrogens is 396 g/mol. The zero-order valence-electron chi connectivity index (χ0n) is 15.7. The number of halogens is 1. The lowest BCUT2D eigenvalue weighted by atomic mass is 10.2. The van der Waals surface area contributed by atoms with E-state index in [1.54, 1.807) is 6.07 Å². The van der Waals surface area contributed by atoms with Gasteiger partial charge in [0.05, 0.1) is 30.1 Å². The van der Waals surface area contributed by atoms with Gasteiger partial charge in [0, 0.05) is 18.8 Å². The van der Waals surface area contributed by atoms with Gasteiger partial charge in [-0.15, -0.1) is 5.10 Å². The van der Waals surface area contributed by atoms with E-state index in [0.717, 1.165) is 24.3 Å². The molecule has 1 fully saturated rings. The Bertz CT molecular complexity index is 1020. The predicted octanol–water partition coefficient (Wildman–Crippen LogP) is 3.26. The van der Waals surface area contributed by atoms with Crippen LogP contribution in [0.15, 0.2) is 40.9 Å². The first-order valence-corrected chi connectivity index (χ1v) is 9.43. The van der Waals surface area contributed by atoms with E-state index < -0.39 is 5.91 Å². The van der Waals surface area contributed by atoms with Gasteiger partial charge in [-0.05, 0) is 30.7 Å². The van der Waals surface area contributed by atoms with Crippen LogP contribution in [0, 0.1) is 6.92 Å². The molecule has 0 radical (unpaired) electrons. The number of carbonyl (C=O) groups excluding carboxylic acids is 1. The van der Waals surface area contributed by atoms with Crippen LogP contribution in [0.2, 0.25) is 5.02 Å². The molecule has 29 heavy (non-hydrogen) atoms. The van der Waals surface area contributed by atoms with Gasteiger partial charge in [-0.2, -0.15) is 0 Å². The van der Waals surface area contributed by atoms with Crippen LogP contribution in [0.1, 0.15) is 16.2 Å². The molecule has 150 valence electrons. The summed E-state index contributed by atoms with van der Waals surface area (Å²) in [6.07, 6.45) is 1.54. The third-order valence-corrected chi connectivity index (χ3v) is 4.56. The molecule has 4 rings (SSSR count). The van der Waals surface area contributed by atoms with E-state index in [4.69, 9.17) is 20.8 Å². The molecule has 1 aromatic carbocycles. The zero-order valence-corrected chi connectivity index (χ0v) is 16.4. The Morgan fingerprint density at radius 1 is 1.17 bits per heavy atom. The summed E-state index contributed by atoms with van der Waals surface area (Å²) in [5, 5.41) is 13.7. The third kappa shape index (κ3) is 4.64. The number of benzene rings is 1. The topological polar surface area (TPSA) is 105 Å². The molecule has 0 aliphatic carbocycles. The van der Waals surface area contributed by atoms with Crippen LogP contribution in [0.25, 0.3) is 0 Å². The number of amides is 1. The lowest BCUT2D eigenvalue weighted by Gasteiger charge is -2.28. The molecule has 0 atom stereocenters. The highest BCUT2D eigenvalue weighted by atomic mass is 35.5. The summed E-state index contributed by atoms with van der Waals surface area (Å²) in [6, 6.07) is 9.42. The van der Waals surface area contributed by atoms with Gasteiger partial charge in [0.25, 0.3) is 0 Å². The van der Waals surface area contributed by atoms with Crippen LogP contribution in [-0.4, -0.2) is 47.4 Å². The molecule has 3 aromatic rings. The van der Waals surface area contributed by atoms with E-state index in [2.05, 4.69) is 25.8 Å². The number of morpholine rings is 1. The van der Waals surface area contributed by atoms with Gasteiger partial charge in [0.2, 0.25) is 0 Å². The molecule has 10 heteroatoms. The maximum absolute atomic E-state index is 12.4. The first-order chi connectivity index (χ1) is 14.1. The summed E-state index contributed by atoms with van der Waals surface area (Å²) >= 11 is 6.34. The smallest absolute Gasteiger partial charge is 0.320 e. The summed E-state index contributed by atoms with van der Waals surface area (Å²) in [7, 11) is 0. The SMILES string of the molecule is Cc1cccc(Nc2nnc(C(=O)Nc3cnc(N4CCOCC4)c(Cl)c3)o2)c1. The van der Waals surface area contributed by atoms with E-state index in [0.29, 0.717) is 29.7 Å². The molecule has 9 nitrogen and oxygen atoms in total. The minimum atomic E-state index is -0.549. The van der Waals surface area contributed by atoms with Gasteiger partial charge in [-0.1, -0.05) is 28.8 Å². The molecule has 1 saturated heterocycles. The average molecular weight is 415 g/mol. The summed E-state index contributed by atoms with van der Waals surface area (Å²) < 4.78 is 10.7. The van der Waals surface area contributed by atoms with Crippen LogP contribution >= 0.6 is 11.6 Å². The summed E-state index contributed by atoms with van der Waals surface area (Å²) in [4.78, 5) is 18.8. The van der Waals surface area contributed by atoms with E-state index in [1.807, 2.05) is 36.1 Å². The number of anilines is 4. The summed E-state index contributed by atoms with van der Waals surface area (Å²) in [5.41, 5.74) is 2.30. The molecular formula is C19H19ClN6O3. The molecule has 0 spiro atoms. The molecule has 1 aliphatic heterocycles. The van der Waals surface area contributed by atoms with E-state index >= 15 is 0 Å². The van der Waals surface area contributed by atoms with Gasteiger partial charge >= 0.3 is 17.8 Å². The number of pyridine rings is 1. The normalized spacial score (nSPS) is 13.9. The van der Waals surface area contributed by atoms with Crippen LogP contribution in [0.3, 0.4) is 0 Å². The Balaban J connectivity index is 1.41. The minimum Gasteiger partial charge on any atom is -0.399 e. The number of aromatic nitrogens is 3. The van der Waals surface area contributed by atoms with Gasteiger partial charge in [0.15, 0.2) is 0 Å². The standard InChI is InChI=1S/C19H19ClN6O3/c1-12-3-2-4-13(9-12)23-19-25-24-18(29-19)17(27)22-14-10-15(20)16(21-11-14)26-5-7-28-8-6-26/h2-4,9-11H,5-8H2,1H3,(H,22,27)(H,23,25). The molecule has 2 aromatic heterocycles. The zero-order chi connectivity index (χ0) is 20.2. The van der Waals surface area contributed by atoms with Crippen molar-refractivity contribution in [3.8, 4) is 0 Å². The number of rotatable bonds is 5. The Labute approximate surface area is 172 Å². The van der Waals surface area contributed by atoms with Crippen molar-refractivity contribution in [2.75, 3.05) is 41.8 Å². The van der Waals surface area contributed by atoms with Crippen molar-refractivity contribution < 1.29 is 13.9 Å². The molecule has 0 saturated carbocycles. The number of hydrogen-bond donors (Lipinski definition) is 2. The maximum Gasteiger partial charge on any atom is 0.320 e. The van der Waals surface area contributed by atoms with Gasteiger partial charge in [-0.3, -0.25) is 4.79 Å². The molecule has 2 N–H and O–H groups in total. The second-order valence-corrected chi connectivity index (χ2v) is 6.90. The number of carbonyl (C=O) groups is 1. The van der Waals surface area contributed by atoms with Gasteiger partial charge in [-0.25, -0.2) is 4.98 Å². The van der Waals surface area contributed by atoms with Gasteiger partial charge in [0.1, 0.15) is 5.82 Å².